The summed E-state index contributed by atoms with van der Waals surface area (Å²) in [5, 5.41) is 0. The molecule has 0 aliphatic rings. The average molecular weight is 354 g/mol. The van der Waals surface area contributed by atoms with E-state index in [1.165, 1.54) is 6.92 Å². The SMILES string of the molecule is CCCCOC(F)(F)C(F)=C(F)C(F)(F)C(F)(F)C(F)(F)F. The van der Waals surface area contributed by atoms with Gasteiger partial charge in [-0.05, 0) is 6.42 Å². The Morgan fingerprint density at radius 3 is 1.64 bits per heavy atom. The second-order valence-corrected chi connectivity index (χ2v) is 3.99. The summed E-state index contributed by atoms with van der Waals surface area (Å²) in [6.45, 7) is 0.484. The van der Waals surface area contributed by atoms with Crippen LogP contribution in [0, 0.1) is 0 Å². The van der Waals surface area contributed by atoms with Crippen LogP contribution in [0.4, 0.5) is 48.3 Å². The lowest BCUT2D eigenvalue weighted by Gasteiger charge is -2.27. The molecule has 0 aliphatic heterocycles. The third-order valence-corrected chi connectivity index (χ3v) is 2.26. The number of alkyl halides is 9. The van der Waals surface area contributed by atoms with Gasteiger partial charge in [-0.1, -0.05) is 13.3 Å². The van der Waals surface area contributed by atoms with Crippen LogP contribution in [-0.2, 0) is 4.74 Å². The van der Waals surface area contributed by atoms with Crippen LogP contribution in [0.15, 0.2) is 11.7 Å². The molecule has 0 atom stereocenters. The summed E-state index contributed by atoms with van der Waals surface area (Å²) in [5.41, 5.74) is 0. The predicted molar refractivity (Wildman–Crippen MR) is 51.0 cm³/mol. The Labute approximate surface area is 116 Å². The van der Waals surface area contributed by atoms with E-state index in [1.54, 1.807) is 0 Å². The van der Waals surface area contributed by atoms with Crippen molar-refractivity contribution in [3.8, 4) is 0 Å². The number of halogens is 11. The van der Waals surface area contributed by atoms with Gasteiger partial charge in [0.05, 0.1) is 6.61 Å². The second kappa shape index (κ2) is 6.59. The molecule has 0 amide bonds. The van der Waals surface area contributed by atoms with Crippen LogP contribution >= 0.6 is 0 Å². The summed E-state index contributed by atoms with van der Waals surface area (Å²) in [5.74, 6) is -22.1. The molecule has 0 fully saturated rings. The van der Waals surface area contributed by atoms with Crippen LogP contribution in [0.3, 0.4) is 0 Å². The topological polar surface area (TPSA) is 9.23 Å². The minimum absolute atomic E-state index is 0.153. The van der Waals surface area contributed by atoms with Gasteiger partial charge in [-0.25, -0.2) is 4.39 Å². The van der Waals surface area contributed by atoms with E-state index in [1.807, 2.05) is 0 Å². The molecule has 0 spiro atoms. The molecule has 0 saturated carbocycles. The van der Waals surface area contributed by atoms with E-state index >= 15 is 0 Å². The molecular weight excluding hydrogens is 345 g/mol. The van der Waals surface area contributed by atoms with Gasteiger partial charge in [0.1, 0.15) is 0 Å². The Balaban J connectivity index is 5.63. The standard InChI is InChI=1S/C10H9F11O/c1-2-3-4-22-8(15,16)6(12)5(11)7(13,14)9(17,18)10(19,20)21/h2-4H2,1H3. The third-order valence-electron chi connectivity index (χ3n) is 2.26. The summed E-state index contributed by atoms with van der Waals surface area (Å²) in [7, 11) is 0. The molecular formula is C10H9F11O. The van der Waals surface area contributed by atoms with Gasteiger partial charge < -0.3 is 4.74 Å². The van der Waals surface area contributed by atoms with Crippen molar-refractivity contribution in [1.29, 1.82) is 0 Å². The van der Waals surface area contributed by atoms with E-state index in [2.05, 4.69) is 4.74 Å². The minimum Gasteiger partial charge on any atom is -0.315 e. The van der Waals surface area contributed by atoms with Gasteiger partial charge in [0.25, 0.3) is 0 Å². The summed E-state index contributed by atoms with van der Waals surface area (Å²) in [6, 6.07) is 0. The normalized spacial score (nSPS) is 15.8. The van der Waals surface area contributed by atoms with Gasteiger partial charge in [0.2, 0.25) is 11.7 Å². The van der Waals surface area contributed by atoms with E-state index in [0.717, 1.165) is 0 Å². The van der Waals surface area contributed by atoms with Crippen LogP contribution in [0.25, 0.3) is 0 Å². The Morgan fingerprint density at radius 2 is 1.27 bits per heavy atom. The Kier molecular flexibility index (Phi) is 6.27. The monoisotopic (exact) mass is 354 g/mol. The molecule has 22 heavy (non-hydrogen) atoms. The molecule has 0 rings (SSSR count). The van der Waals surface area contributed by atoms with Crippen LogP contribution in [0.1, 0.15) is 19.8 Å². The number of unbranched alkanes of at least 4 members (excludes halogenated alkanes) is 1. The smallest absolute Gasteiger partial charge is 0.315 e. The van der Waals surface area contributed by atoms with Crippen molar-refractivity contribution < 1.29 is 53.0 Å². The largest absolute Gasteiger partial charge is 0.460 e. The van der Waals surface area contributed by atoms with Gasteiger partial charge >= 0.3 is 24.1 Å². The van der Waals surface area contributed by atoms with E-state index in [4.69, 9.17) is 0 Å². The molecule has 0 aromatic heterocycles. The van der Waals surface area contributed by atoms with Gasteiger partial charge in [0.15, 0.2) is 0 Å². The molecule has 0 unspecified atom stereocenters. The lowest BCUT2D eigenvalue weighted by Crippen LogP contribution is -2.53. The first-order valence-electron chi connectivity index (χ1n) is 5.53. The fourth-order valence-electron chi connectivity index (χ4n) is 0.989. The Hall–Kier alpha value is -1.07. The van der Waals surface area contributed by atoms with E-state index in [9.17, 15) is 48.3 Å². The molecule has 0 saturated heterocycles. The molecule has 0 heterocycles. The molecule has 0 aliphatic carbocycles. The molecule has 1 nitrogen and oxygen atoms in total. The minimum atomic E-state index is -7.10. The van der Waals surface area contributed by atoms with Crippen molar-refractivity contribution in [1.82, 2.24) is 0 Å². The summed E-state index contributed by atoms with van der Waals surface area (Å²) >= 11 is 0. The molecule has 0 radical (unpaired) electrons. The van der Waals surface area contributed by atoms with Crippen molar-refractivity contribution in [2.45, 2.75) is 43.9 Å². The number of ether oxygens (including phenoxy) is 1. The summed E-state index contributed by atoms with van der Waals surface area (Å²) in [4.78, 5) is 0. The Bertz CT molecular complexity index is 410. The first kappa shape index (κ1) is 20.9. The third kappa shape index (κ3) is 4.02. The number of hydrogen-bond acceptors (Lipinski definition) is 1. The molecule has 0 aromatic carbocycles. The van der Waals surface area contributed by atoms with Crippen LogP contribution < -0.4 is 0 Å². The first-order chi connectivity index (χ1) is 9.63. The van der Waals surface area contributed by atoms with Crippen molar-refractivity contribution in [2.24, 2.45) is 0 Å². The highest BCUT2D eigenvalue weighted by Gasteiger charge is 2.76. The highest BCUT2D eigenvalue weighted by molar-refractivity contribution is 5.19. The number of rotatable bonds is 7. The lowest BCUT2D eigenvalue weighted by molar-refractivity contribution is -0.349. The fourth-order valence-corrected chi connectivity index (χ4v) is 0.989. The van der Waals surface area contributed by atoms with Crippen LogP contribution in [-0.4, -0.2) is 30.7 Å². The molecule has 0 aromatic rings. The van der Waals surface area contributed by atoms with Crippen molar-refractivity contribution in [2.75, 3.05) is 6.61 Å². The highest BCUT2D eigenvalue weighted by atomic mass is 19.4. The summed E-state index contributed by atoms with van der Waals surface area (Å²) < 4.78 is 140. The maximum absolute atomic E-state index is 12.9. The lowest BCUT2D eigenvalue weighted by atomic mass is 10.1. The zero-order chi connectivity index (χ0) is 18.0. The van der Waals surface area contributed by atoms with E-state index < -0.39 is 42.4 Å². The average Bonchev–Trinajstić information content (AvgIpc) is 2.35. The molecule has 12 heteroatoms. The Morgan fingerprint density at radius 1 is 0.818 bits per heavy atom. The zero-order valence-electron chi connectivity index (χ0n) is 10.7. The van der Waals surface area contributed by atoms with Crippen molar-refractivity contribution in [3.63, 3.8) is 0 Å². The predicted octanol–water partition coefficient (Wildman–Crippen LogP) is 5.38. The quantitative estimate of drug-likeness (QED) is 0.441. The number of hydrogen-bond donors (Lipinski definition) is 0. The highest BCUT2D eigenvalue weighted by Crippen LogP contribution is 2.52. The fraction of sp³-hybridized carbons (Fsp3) is 0.800. The van der Waals surface area contributed by atoms with Gasteiger partial charge in [0, 0.05) is 0 Å². The van der Waals surface area contributed by atoms with Gasteiger partial charge in [-0.15, -0.1) is 0 Å². The summed E-state index contributed by atoms with van der Waals surface area (Å²) in [6.07, 6.45) is -12.3. The van der Waals surface area contributed by atoms with E-state index in [0.29, 0.717) is 0 Å². The van der Waals surface area contributed by atoms with Crippen LogP contribution in [0.5, 0.6) is 0 Å². The number of allylic oxidation sites excluding steroid dienone is 1. The molecule has 0 N–H and O–H groups in total. The maximum atomic E-state index is 12.9. The molecule has 132 valence electrons. The molecule has 0 bridgehead atoms. The zero-order valence-corrected chi connectivity index (χ0v) is 10.7. The van der Waals surface area contributed by atoms with E-state index in [-0.39, 0.29) is 12.8 Å². The second-order valence-electron chi connectivity index (χ2n) is 3.99. The van der Waals surface area contributed by atoms with Crippen LogP contribution in [0.2, 0.25) is 0 Å². The van der Waals surface area contributed by atoms with Gasteiger partial charge in [-0.3, -0.25) is 0 Å². The van der Waals surface area contributed by atoms with Crippen molar-refractivity contribution in [3.05, 3.63) is 11.7 Å². The van der Waals surface area contributed by atoms with Gasteiger partial charge in [-0.2, -0.15) is 43.9 Å². The van der Waals surface area contributed by atoms with Crippen molar-refractivity contribution >= 4 is 0 Å². The maximum Gasteiger partial charge on any atom is 0.460 e. The first-order valence-corrected chi connectivity index (χ1v) is 5.53.